The van der Waals surface area contributed by atoms with Crippen LogP contribution in [0.15, 0.2) is 77.4 Å². The maximum atomic E-state index is 12.4. The topological polar surface area (TPSA) is 105 Å². The van der Waals surface area contributed by atoms with Crippen LogP contribution >= 0.6 is 0 Å². The molecule has 2 amide bonds. The molecule has 2 heterocycles. The molecule has 168 valence electrons. The van der Waals surface area contributed by atoms with E-state index < -0.39 is 5.91 Å². The van der Waals surface area contributed by atoms with Gasteiger partial charge in [-0.3, -0.25) is 9.59 Å². The van der Waals surface area contributed by atoms with Crippen LogP contribution in [0.1, 0.15) is 16.1 Å². The highest BCUT2D eigenvalue weighted by molar-refractivity contribution is 5.98. The van der Waals surface area contributed by atoms with E-state index in [0.29, 0.717) is 18.1 Å². The third kappa shape index (κ3) is 5.45. The molecule has 0 radical (unpaired) electrons. The van der Waals surface area contributed by atoms with E-state index in [0.717, 1.165) is 16.8 Å². The van der Waals surface area contributed by atoms with Crippen LogP contribution in [0.5, 0.6) is 0 Å². The Bertz CT molecular complexity index is 1230. The van der Waals surface area contributed by atoms with Gasteiger partial charge in [-0.05, 0) is 17.7 Å². The number of carbonyl (C=O) groups is 2. The fourth-order valence-corrected chi connectivity index (χ4v) is 3.20. The molecule has 4 rings (SSSR count). The number of rotatable bonds is 8. The molecule has 9 heteroatoms. The molecule has 2 N–H and O–H groups in total. The van der Waals surface area contributed by atoms with Gasteiger partial charge < -0.3 is 20.1 Å². The second-order valence-corrected chi connectivity index (χ2v) is 7.61. The van der Waals surface area contributed by atoms with Gasteiger partial charge in [0.1, 0.15) is 5.82 Å². The van der Waals surface area contributed by atoms with Crippen LogP contribution < -0.4 is 15.5 Å². The zero-order valence-corrected chi connectivity index (χ0v) is 18.4. The zero-order chi connectivity index (χ0) is 23.2. The number of carbonyl (C=O) groups excluding carboxylic acids is 2. The highest BCUT2D eigenvalue weighted by Crippen LogP contribution is 2.19. The van der Waals surface area contributed by atoms with Gasteiger partial charge in [0.05, 0.1) is 19.3 Å². The lowest BCUT2D eigenvalue weighted by molar-refractivity contribution is -0.115. The van der Waals surface area contributed by atoms with Crippen LogP contribution in [0.25, 0.3) is 11.3 Å². The zero-order valence-electron chi connectivity index (χ0n) is 18.4. The highest BCUT2D eigenvalue weighted by Gasteiger charge is 2.15. The van der Waals surface area contributed by atoms with Crippen molar-refractivity contribution in [3.8, 4) is 11.3 Å². The fraction of sp³-hybridized carbons (Fsp3) is 0.167. The predicted octanol–water partition coefficient (Wildman–Crippen LogP) is 3.02. The van der Waals surface area contributed by atoms with Crippen molar-refractivity contribution >= 4 is 23.3 Å². The van der Waals surface area contributed by atoms with E-state index in [1.165, 1.54) is 0 Å². The van der Waals surface area contributed by atoms with Gasteiger partial charge in [-0.15, -0.1) is 0 Å². The van der Waals surface area contributed by atoms with Crippen molar-refractivity contribution in [1.82, 2.24) is 20.3 Å². The van der Waals surface area contributed by atoms with E-state index in [2.05, 4.69) is 20.9 Å². The van der Waals surface area contributed by atoms with Crippen LogP contribution in [-0.4, -0.2) is 47.4 Å². The lowest BCUT2D eigenvalue weighted by Crippen LogP contribution is -2.33. The minimum absolute atomic E-state index is 0.105. The average Bonchev–Trinajstić information content (AvgIpc) is 3.49. The van der Waals surface area contributed by atoms with Crippen LogP contribution in [0.4, 0.5) is 11.5 Å². The number of anilines is 2. The third-order valence-corrected chi connectivity index (χ3v) is 4.98. The summed E-state index contributed by atoms with van der Waals surface area (Å²) >= 11 is 0. The molecule has 0 saturated heterocycles. The minimum atomic E-state index is -0.495. The van der Waals surface area contributed by atoms with Gasteiger partial charge in [0.2, 0.25) is 5.91 Å². The molecule has 0 fully saturated rings. The Balaban J connectivity index is 1.31. The summed E-state index contributed by atoms with van der Waals surface area (Å²) in [7, 11) is 3.97. The molecule has 0 atom stereocenters. The maximum Gasteiger partial charge on any atom is 0.273 e. The predicted molar refractivity (Wildman–Crippen MR) is 125 cm³/mol. The summed E-state index contributed by atoms with van der Waals surface area (Å²) in [6.07, 6.45) is 1.61. The van der Waals surface area contributed by atoms with Crippen molar-refractivity contribution in [3.63, 3.8) is 0 Å². The Morgan fingerprint density at radius 1 is 1.03 bits per heavy atom. The first kappa shape index (κ1) is 21.8. The molecule has 9 nitrogen and oxygen atoms in total. The summed E-state index contributed by atoms with van der Waals surface area (Å²) in [5.74, 6) is 0.150. The average molecular weight is 444 g/mol. The van der Waals surface area contributed by atoms with E-state index >= 15 is 0 Å². The number of amides is 2. The van der Waals surface area contributed by atoms with Gasteiger partial charge in [0.25, 0.3) is 5.91 Å². The summed E-state index contributed by atoms with van der Waals surface area (Å²) in [6, 6.07) is 20.7. The summed E-state index contributed by atoms with van der Waals surface area (Å²) in [6.45, 7) is 0.291. The Kier molecular flexibility index (Phi) is 6.49. The molecule has 0 saturated carbocycles. The summed E-state index contributed by atoms with van der Waals surface area (Å²) < 4.78 is 6.92. The first-order chi connectivity index (χ1) is 16.0. The molecule has 0 unspecified atom stereocenters. The Labute approximate surface area is 191 Å². The van der Waals surface area contributed by atoms with Crippen LogP contribution in [0.2, 0.25) is 0 Å². The van der Waals surface area contributed by atoms with Crippen molar-refractivity contribution in [1.29, 1.82) is 0 Å². The first-order valence-electron chi connectivity index (χ1n) is 10.4. The molecule has 0 aliphatic carbocycles. The third-order valence-electron chi connectivity index (χ3n) is 4.98. The number of nitrogens with zero attached hydrogens (tertiary/aromatic N) is 4. The minimum Gasteiger partial charge on any atom is -0.378 e. The van der Waals surface area contributed by atoms with E-state index in [9.17, 15) is 9.59 Å². The Morgan fingerprint density at radius 3 is 2.52 bits per heavy atom. The molecule has 2 aromatic carbocycles. The molecule has 0 bridgehead atoms. The molecule has 33 heavy (non-hydrogen) atoms. The van der Waals surface area contributed by atoms with Crippen molar-refractivity contribution in [2.75, 3.05) is 30.9 Å². The molecule has 4 aromatic rings. The SMILES string of the molecule is CN(C)c1ccc(Cn2nccc2NC(=O)CNC(=O)c2cc(-c3ccccc3)on2)cc1. The second kappa shape index (κ2) is 9.82. The monoisotopic (exact) mass is 444 g/mol. The Hall–Kier alpha value is -4.40. The van der Waals surface area contributed by atoms with Gasteiger partial charge in [-0.25, -0.2) is 4.68 Å². The van der Waals surface area contributed by atoms with Crippen molar-refractivity contribution in [2.24, 2.45) is 0 Å². The largest absolute Gasteiger partial charge is 0.378 e. The lowest BCUT2D eigenvalue weighted by atomic mass is 10.1. The number of hydrogen-bond donors (Lipinski definition) is 2. The van der Waals surface area contributed by atoms with E-state index in [1.807, 2.05) is 73.6 Å². The fourth-order valence-electron chi connectivity index (χ4n) is 3.20. The number of aromatic nitrogens is 3. The normalized spacial score (nSPS) is 10.6. The molecule has 2 aromatic heterocycles. The quantitative estimate of drug-likeness (QED) is 0.433. The van der Waals surface area contributed by atoms with Gasteiger partial charge in [-0.1, -0.05) is 47.6 Å². The molecular weight excluding hydrogens is 420 g/mol. The van der Waals surface area contributed by atoms with Crippen LogP contribution in [0.3, 0.4) is 0 Å². The first-order valence-corrected chi connectivity index (χ1v) is 10.4. The van der Waals surface area contributed by atoms with Crippen molar-refractivity contribution in [3.05, 3.63) is 84.2 Å². The highest BCUT2D eigenvalue weighted by atomic mass is 16.5. The summed E-state index contributed by atoms with van der Waals surface area (Å²) in [4.78, 5) is 26.8. The maximum absolute atomic E-state index is 12.4. The number of benzene rings is 2. The smallest absolute Gasteiger partial charge is 0.273 e. The molecular formula is C24H24N6O3. The van der Waals surface area contributed by atoms with Gasteiger partial charge in [-0.2, -0.15) is 5.10 Å². The molecule has 0 aliphatic heterocycles. The van der Waals surface area contributed by atoms with Gasteiger partial charge >= 0.3 is 0 Å². The lowest BCUT2D eigenvalue weighted by Gasteiger charge is -2.13. The summed E-state index contributed by atoms with van der Waals surface area (Å²) in [5, 5.41) is 13.4. The number of hydrogen-bond acceptors (Lipinski definition) is 6. The van der Waals surface area contributed by atoms with Gasteiger partial charge in [0.15, 0.2) is 11.5 Å². The van der Waals surface area contributed by atoms with Crippen molar-refractivity contribution < 1.29 is 14.1 Å². The standard InChI is InChI=1S/C24H24N6O3/c1-29(2)19-10-8-17(9-11-19)16-30-22(12-13-26-30)27-23(31)15-25-24(32)20-14-21(33-28-20)18-6-4-3-5-7-18/h3-14H,15-16H2,1-2H3,(H,25,32)(H,27,31). The van der Waals surface area contributed by atoms with E-state index in [4.69, 9.17) is 4.52 Å². The molecule has 0 aliphatic rings. The van der Waals surface area contributed by atoms with E-state index in [1.54, 1.807) is 23.0 Å². The van der Waals surface area contributed by atoms with Crippen LogP contribution in [0, 0.1) is 0 Å². The molecule has 0 spiro atoms. The second-order valence-electron chi connectivity index (χ2n) is 7.61. The Morgan fingerprint density at radius 2 is 1.79 bits per heavy atom. The number of nitrogens with one attached hydrogen (secondary N) is 2. The van der Waals surface area contributed by atoms with Crippen molar-refractivity contribution in [2.45, 2.75) is 6.54 Å². The van der Waals surface area contributed by atoms with E-state index in [-0.39, 0.29) is 18.1 Å². The summed E-state index contributed by atoms with van der Waals surface area (Å²) in [5.41, 5.74) is 3.07. The van der Waals surface area contributed by atoms with Crippen LogP contribution in [-0.2, 0) is 11.3 Å². The van der Waals surface area contributed by atoms with Gasteiger partial charge in [0, 0.05) is 37.5 Å².